The van der Waals surface area contributed by atoms with Crippen LogP contribution in [0, 0.1) is 0 Å². The van der Waals surface area contributed by atoms with Crippen LogP contribution in [0.3, 0.4) is 0 Å². The van der Waals surface area contributed by atoms with Crippen LogP contribution in [0.25, 0.3) is 0 Å². The first kappa shape index (κ1) is 12.0. The first-order chi connectivity index (χ1) is 9.31. The molecule has 0 unspecified atom stereocenters. The van der Waals surface area contributed by atoms with Crippen molar-refractivity contribution in [1.82, 2.24) is 9.55 Å². The Balaban J connectivity index is 2.05. The Morgan fingerprint density at radius 3 is 3.11 bits per heavy atom. The third kappa shape index (κ3) is 2.03. The minimum atomic E-state index is -0.232. The lowest BCUT2D eigenvalue weighted by atomic mass is 9.98. The second-order valence-corrected chi connectivity index (χ2v) is 4.74. The number of aromatic nitrogens is 2. The lowest BCUT2D eigenvalue weighted by Gasteiger charge is -2.27. The molecule has 0 saturated carbocycles. The maximum atomic E-state index is 11.8. The molecule has 1 aromatic heterocycles. The molecular formula is C15H16N2O2. The summed E-state index contributed by atoms with van der Waals surface area (Å²) in [6, 6.07) is 7.68. The molecular weight excluding hydrogens is 240 g/mol. The maximum absolute atomic E-state index is 11.8. The molecule has 2 aromatic rings. The van der Waals surface area contributed by atoms with Gasteiger partial charge >= 0.3 is 5.97 Å². The van der Waals surface area contributed by atoms with Gasteiger partial charge in [-0.2, -0.15) is 0 Å². The summed E-state index contributed by atoms with van der Waals surface area (Å²) in [6.07, 6.45) is 5.76. The van der Waals surface area contributed by atoms with Crippen molar-refractivity contribution in [2.24, 2.45) is 0 Å². The predicted molar refractivity (Wildman–Crippen MR) is 71.1 cm³/mol. The standard InChI is InChI=1S/C15H16N2O2/c1-2-5-11-8-16-10-17(11)14-9-19-15(18)13-7-4-3-6-12(13)14/h3-4,6-8,10,14H,2,5,9H2,1H3/t14-/m1/s1. The third-order valence-electron chi connectivity index (χ3n) is 3.50. The molecule has 4 nitrogen and oxygen atoms in total. The minimum absolute atomic E-state index is 0.0398. The quantitative estimate of drug-likeness (QED) is 0.793. The van der Waals surface area contributed by atoms with Crippen molar-refractivity contribution >= 4 is 5.97 Å². The molecule has 2 heterocycles. The van der Waals surface area contributed by atoms with Crippen LogP contribution < -0.4 is 0 Å². The van der Waals surface area contributed by atoms with E-state index in [1.165, 1.54) is 5.69 Å². The van der Waals surface area contributed by atoms with Gasteiger partial charge in [0.25, 0.3) is 0 Å². The molecule has 19 heavy (non-hydrogen) atoms. The number of fused-ring (bicyclic) bond motifs is 1. The number of cyclic esters (lactones) is 1. The van der Waals surface area contributed by atoms with Crippen LogP contribution >= 0.6 is 0 Å². The molecule has 4 heteroatoms. The van der Waals surface area contributed by atoms with E-state index < -0.39 is 0 Å². The molecule has 1 aliphatic heterocycles. The summed E-state index contributed by atoms with van der Waals surface area (Å²) >= 11 is 0. The van der Waals surface area contributed by atoms with Gasteiger partial charge in [-0.3, -0.25) is 0 Å². The molecule has 3 rings (SSSR count). The van der Waals surface area contributed by atoms with Crippen molar-refractivity contribution in [3.05, 3.63) is 53.6 Å². The number of ether oxygens (including phenoxy) is 1. The van der Waals surface area contributed by atoms with E-state index in [9.17, 15) is 4.79 Å². The van der Waals surface area contributed by atoms with Crippen molar-refractivity contribution in [3.8, 4) is 0 Å². The van der Waals surface area contributed by atoms with Crippen molar-refractivity contribution < 1.29 is 9.53 Å². The predicted octanol–water partition coefficient (Wildman–Crippen LogP) is 2.60. The van der Waals surface area contributed by atoms with Crippen LogP contribution in [0.4, 0.5) is 0 Å². The zero-order valence-corrected chi connectivity index (χ0v) is 10.9. The summed E-state index contributed by atoms with van der Waals surface area (Å²) in [7, 11) is 0. The number of carbonyl (C=O) groups excluding carboxylic acids is 1. The van der Waals surface area contributed by atoms with Gasteiger partial charge in [0.15, 0.2) is 0 Å². The van der Waals surface area contributed by atoms with Gasteiger partial charge in [-0.1, -0.05) is 31.5 Å². The molecule has 0 amide bonds. The number of aryl methyl sites for hydroxylation is 1. The monoisotopic (exact) mass is 256 g/mol. The van der Waals surface area contributed by atoms with Crippen LogP contribution in [0.15, 0.2) is 36.8 Å². The summed E-state index contributed by atoms with van der Waals surface area (Å²) in [4.78, 5) is 16.0. The van der Waals surface area contributed by atoms with E-state index in [0.717, 1.165) is 18.4 Å². The normalized spacial score (nSPS) is 17.9. The summed E-state index contributed by atoms with van der Waals surface area (Å²) in [6.45, 7) is 2.52. The Morgan fingerprint density at radius 2 is 2.26 bits per heavy atom. The number of rotatable bonds is 3. The van der Waals surface area contributed by atoms with Gasteiger partial charge in [0, 0.05) is 11.9 Å². The molecule has 0 spiro atoms. The second-order valence-electron chi connectivity index (χ2n) is 4.74. The maximum Gasteiger partial charge on any atom is 0.338 e. The van der Waals surface area contributed by atoms with Gasteiger partial charge in [0.05, 0.1) is 17.9 Å². The van der Waals surface area contributed by atoms with Crippen molar-refractivity contribution in [2.45, 2.75) is 25.8 Å². The second kappa shape index (κ2) is 4.88. The highest BCUT2D eigenvalue weighted by Crippen LogP contribution is 2.29. The van der Waals surface area contributed by atoms with Crippen LogP contribution in [0.2, 0.25) is 0 Å². The highest BCUT2D eigenvalue weighted by molar-refractivity contribution is 5.92. The number of benzene rings is 1. The van der Waals surface area contributed by atoms with E-state index in [1.807, 2.05) is 36.8 Å². The highest BCUT2D eigenvalue weighted by Gasteiger charge is 2.28. The molecule has 0 radical (unpaired) electrons. The smallest absolute Gasteiger partial charge is 0.338 e. The van der Waals surface area contributed by atoms with Gasteiger partial charge in [0.2, 0.25) is 0 Å². The largest absolute Gasteiger partial charge is 0.460 e. The van der Waals surface area contributed by atoms with E-state index in [1.54, 1.807) is 0 Å². The van der Waals surface area contributed by atoms with Gasteiger partial charge in [-0.05, 0) is 18.1 Å². The first-order valence-electron chi connectivity index (χ1n) is 6.58. The Hall–Kier alpha value is -2.10. The Kier molecular flexibility index (Phi) is 3.07. The highest BCUT2D eigenvalue weighted by atomic mass is 16.5. The average Bonchev–Trinajstić information content (AvgIpc) is 2.88. The average molecular weight is 256 g/mol. The number of hydrogen-bond donors (Lipinski definition) is 0. The van der Waals surface area contributed by atoms with Gasteiger partial charge in [-0.15, -0.1) is 0 Å². The van der Waals surface area contributed by atoms with E-state index in [0.29, 0.717) is 12.2 Å². The molecule has 1 aromatic carbocycles. The molecule has 0 fully saturated rings. The van der Waals surface area contributed by atoms with Crippen LogP contribution in [0.1, 0.15) is 41.0 Å². The first-order valence-corrected chi connectivity index (χ1v) is 6.58. The Bertz CT molecular complexity index is 604. The molecule has 0 N–H and O–H groups in total. The number of esters is 1. The number of carbonyl (C=O) groups is 1. The molecule has 0 aliphatic carbocycles. The van der Waals surface area contributed by atoms with Crippen molar-refractivity contribution in [3.63, 3.8) is 0 Å². The zero-order chi connectivity index (χ0) is 13.2. The molecule has 1 atom stereocenters. The van der Waals surface area contributed by atoms with Gasteiger partial charge < -0.3 is 9.30 Å². The van der Waals surface area contributed by atoms with Gasteiger partial charge in [0.1, 0.15) is 6.61 Å². The van der Waals surface area contributed by atoms with Crippen LogP contribution in [0.5, 0.6) is 0 Å². The zero-order valence-electron chi connectivity index (χ0n) is 10.9. The lowest BCUT2D eigenvalue weighted by molar-refractivity contribution is 0.0423. The number of nitrogens with zero attached hydrogens (tertiary/aromatic N) is 2. The van der Waals surface area contributed by atoms with Crippen molar-refractivity contribution in [1.29, 1.82) is 0 Å². The summed E-state index contributed by atoms with van der Waals surface area (Å²) in [5.41, 5.74) is 2.87. The molecule has 98 valence electrons. The molecule has 1 aliphatic rings. The van der Waals surface area contributed by atoms with E-state index >= 15 is 0 Å². The Labute approximate surface area is 112 Å². The summed E-state index contributed by atoms with van der Waals surface area (Å²) in [5.74, 6) is -0.232. The molecule has 0 saturated heterocycles. The summed E-state index contributed by atoms with van der Waals surface area (Å²) < 4.78 is 7.41. The van der Waals surface area contributed by atoms with Crippen LogP contribution in [-0.4, -0.2) is 22.1 Å². The van der Waals surface area contributed by atoms with Crippen molar-refractivity contribution in [2.75, 3.05) is 6.61 Å². The van der Waals surface area contributed by atoms with E-state index in [4.69, 9.17) is 4.74 Å². The van der Waals surface area contributed by atoms with Crippen LogP contribution in [-0.2, 0) is 11.2 Å². The Morgan fingerprint density at radius 1 is 1.42 bits per heavy atom. The summed E-state index contributed by atoms with van der Waals surface area (Å²) in [5, 5.41) is 0. The van der Waals surface area contributed by atoms with Gasteiger partial charge in [-0.25, -0.2) is 9.78 Å². The fourth-order valence-electron chi connectivity index (χ4n) is 2.59. The number of hydrogen-bond acceptors (Lipinski definition) is 3. The third-order valence-corrected chi connectivity index (χ3v) is 3.50. The number of imidazole rings is 1. The topological polar surface area (TPSA) is 44.1 Å². The lowest BCUT2D eigenvalue weighted by Crippen LogP contribution is -2.27. The van der Waals surface area contributed by atoms with E-state index in [2.05, 4.69) is 16.5 Å². The van der Waals surface area contributed by atoms with E-state index in [-0.39, 0.29) is 12.0 Å². The molecule has 0 bridgehead atoms. The SMILES string of the molecule is CCCc1cncn1[C@@H]1COC(=O)c2ccccc21. The minimum Gasteiger partial charge on any atom is -0.460 e. The fourth-order valence-corrected chi connectivity index (χ4v) is 2.59. The fraction of sp³-hybridized carbons (Fsp3) is 0.333.